The minimum absolute atomic E-state index is 0.0111. The van der Waals surface area contributed by atoms with Gasteiger partial charge in [0.2, 0.25) is 5.91 Å². The fourth-order valence-electron chi connectivity index (χ4n) is 3.48. The van der Waals surface area contributed by atoms with Gasteiger partial charge in [-0.3, -0.25) is 4.79 Å². The molecule has 156 valence electrons. The van der Waals surface area contributed by atoms with Crippen LogP contribution in [0.3, 0.4) is 0 Å². The monoisotopic (exact) mass is 396 g/mol. The van der Waals surface area contributed by atoms with E-state index in [1.54, 1.807) is 25.1 Å². The number of aromatic amines is 1. The molecule has 1 aromatic rings. The Morgan fingerprint density at radius 3 is 2.55 bits per heavy atom. The molecule has 2 rings (SSSR count). The maximum atomic E-state index is 12.6. The molecule has 5 nitrogen and oxygen atoms in total. The third-order valence-electron chi connectivity index (χ3n) is 5.16. The van der Waals surface area contributed by atoms with E-state index in [0.717, 1.165) is 41.6 Å². The molecule has 5 heteroatoms. The standard InChI is InChI=1S/C24H32N2O3/c1-17(9-7-10-18(2)15-19-16-25-29-23(19)28)12-13-21-20(22(27)26(5)6)11-8-14-24(21,3)4/h7,9-10,12-13,15-16,25H,8,11,14H2,1-6H3/b10-7+,13-12+,17-9+,18-15+. The van der Waals surface area contributed by atoms with E-state index in [-0.39, 0.29) is 16.9 Å². The van der Waals surface area contributed by atoms with Crippen molar-refractivity contribution in [3.05, 3.63) is 74.9 Å². The highest BCUT2D eigenvalue weighted by Crippen LogP contribution is 2.41. The number of aromatic nitrogens is 1. The Hall–Kier alpha value is -2.82. The van der Waals surface area contributed by atoms with Crippen molar-refractivity contribution in [3.63, 3.8) is 0 Å². The fraction of sp³-hybridized carbons (Fsp3) is 0.417. The van der Waals surface area contributed by atoms with Crippen LogP contribution >= 0.6 is 0 Å². The minimum atomic E-state index is -0.376. The van der Waals surface area contributed by atoms with E-state index in [2.05, 4.69) is 35.7 Å². The van der Waals surface area contributed by atoms with Gasteiger partial charge in [0.25, 0.3) is 0 Å². The predicted octanol–water partition coefficient (Wildman–Crippen LogP) is 5.02. The van der Waals surface area contributed by atoms with Crippen LogP contribution in [0, 0.1) is 5.41 Å². The molecule has 0 atom stereocenters. The first kappa shape index (κ1) is 22.5. The minimum Gasteiger partial charge on any atom is -0.345 e. The molecule has 1 heterocycles. The highest BCUT2D eigenvalue weighted by atomic mass is 16.5. The van der Waals surface area contributed by atoms with E-state index in [0.29, 0.717) is 5.56 Å². The molecule has 0 saturated heterocycles. The number of amides is 1. The summed E-state index contributed by atoms with van der Waals surface area (Å²) in [7, 11) is 3.61. The largest absolute Gasteiger partial charge is 0.364 e. The van der Waals surface area contributed by atoms with Crippen LogP contribution in [0.1, 0.15) is 52.5 Å². The van der Waals surface area contributed by atoms with Crippen molar-refractivity contribution in [1.82, 2.24) is 10.1 Å². The van der Waals surface area contributed by atoms with Gasteiger partial charge in [0, 0.05) is 19.7 Å². The Morgan fingerprint density at radius 1 is 1.21 bits per heavy atom. The summed E-state index contributed by atoms with van der Waals surface area (Å²) in [5.41, 5.74) is 4.20. The van der Waals surface area contributed by atoms with Gasteiger partial charge in [-0.05, 0) is 50.2 Å². The lowest BCUT2D eigenvalue weighted by Gasteiger charge is -2.34. The molecule has 1 N–H and O–H groups in total. The summed E-state index contributed by atoms with van der Waals surface area (Å²) in [5.74, 6) is 0.106. The molecule has 0 aliphatic heterocycles. The number of allylic oxidation sites excluding steroid dienone is 8. The second-order valence-electron chi connectivity index (χ2n) is 8.43. The molecule has 29 heavy (non-hydrogen) atoms. The third kappa shape index (κ3) is 6.08. The number of hydrogen-bond acceptors (Lipinski definition) is 3. The van der Waals surface area contributed by atoms with E-state index in [1.165, 1.54) is 6.20 Å². The number of nitrogens with zero attached hydrogens (tertiary/aromatic N) is 1. The van der Waals surface area contributed by atoms with Crippen molar-refractivity contribution < 1.29 is 9.32 Å². The van der Waals surface area contributed by atoms with Gasteiger partial charge in [-0.1, -0.05) is 55.4 Å². The van der Waals surface area contributed by atoms with Crippen LogP contribution in [0.5, 0.6) is 0 Å². The van der Waals surface area contributed by atoms with Crippen molar-refractivity contribution in [3.8, 4) is 0 Å². The van der Waals surface area contributed by atoms with Crippen LogP contribution in [0.2, 0.25) is 0 Å². The van der Waals surface area contributed by atoms with Gasteiger partial charge < -0.3 is 9.42 Å². The first-order valence-corrected chi connectivity index (χ1v) is 9.95. The number of H-pyrrole nitrogens is 1. The molecule has 1 aliphatic carbocycles. The molecule has 1 aromatic heterocycles. The number of likely N-dealkylation sites (N-methyl/N-ethyl adjacent to an activating group) is 1. The maximum absolute atomic E-state index is 12.6. The number of hydrogen-bond donors (Lipinski definition) is 1. The van der Waals surface area contributed by atoms with Crippen LogP contribution < -0.4 is 5.63 Å². The highest BCUT2D eigenvalue weighted by molar-refractivity contribution is 5.94. The number of carbonyl (C=O) groups excluding carboxylic acids is 1. The number of carbonyl (C=O) groups is 1. The topological polar surface area (TPSA) is 66.3 Å². The molecule has 0 radical (unpaired) electrons. The lowest BCUT2D eigenvalue weighted by Crippen LogP contribution is -2.30. The lowest BCUT2D eigenvalue weighted by atomic mass is 9.72. The zero-order valence-electron chi connectivity index (χ0n) is 18.3. The molecule has 0 bridgehead atoms. The van der Waals surface area contributed by atoms with Gasteiger partial charge in [-0.2, -0.15) is 0 Å². The molecular weight excluding hydrogens is 364 g/mol. The van der Waals surface area contributed by atoms with Crippen molar-refractivity contribution in [2.75, 3.05) is 14.1 Å². The van der Waals surface area contributed by atoms with Crippen molar-refractivity contribution in [2.24, 2.45) is 5.41 Å². The molecule has 0 spiro atoms. The molecule has 1 aliphatic rings. The van der Waals surface area contributed by atoms with Crippen LogP contribution in [-0.2, 0) is 4.79 Å². The summed E-state index contributed by atoms with van der Waals surface area (Å²) in [6.07, 6.45) is 16.3. The van der Waals surface area contributed by atoms with E-state index in [1.807, 2.05) is 32.1 Å². The van der Waals surface area contributed by atoms with Gasteiger partial charge in [0.1, 0.15) is 0 Å². The van der Waals surface area contributed by atoms with E-state index >= 15 is 0 Å². The number of nitrogens with one attached hydrogen (secondary N) is 1. The molecule has 0 unspecified atom stereocenters. The van der Waals surface area contributed by atoms with Crippen molar-refractivity contribution in [2.45, 2.75) is 47.0 Å². The van der Waals surface area contributed by atoms with Gasteiger partial charge in [-0.15, -0.1) is 0 Å². The Balaban J connectivity index is 2.19. The maximum Gasteiger partial charge on any atom is 0.364 e. The van der Waals surface area contributed by atoms with Gasteiger partial charge in [0.05, 0.1) is 11.8 Å². The van der Waals surface area contributed by atoms with Crippen LogP contribution in [0.4, 0.5) is 0 Å². The molecule has 0 fully saturated rings. The molecular formula is C24H32N2O3. The quantitative estimate of drug-likeness (QED) is 0.686. The molecule has 0 saturated carbocycles. The van der Waals surface area contributed by atoms with Crippen LogP contribution in [-0.4, -0.2) is 30.1 Å². The predicted molar refractivity (Wildman–Crippen MR) is 118 cm³/mol. The Labute approximate surface area is 173 Å². The lowest BCUT2D eigenvalue weighted by molar-refractivity contribution is -0.125. The van der Waals surface area contributed by atoms with E-state index in [9.17, 15) is 9.59 Å². The average Bonchev–Trinajstić information content (AvgIpc) is 3.03. The summed E-state index contributed by atoms with van der Waals surface area (Å²) in [6.45, 7) is 8.37. The second kappa shape index (κ2) is 9.59. The smallest absolute Gasteiger partial charge is 0.345 e. The van der Waals surface area contributed by atoms with Crippen LogP contribution in [0.25, 0.3) is 6.08 Å². The van der Waals surface area contributed by atoms with Crippen molar-refractivity contribution in [1.29, 1.82) is 0 Å². The third-order valence-corrected chi connectivity index (χ3v) is 5.16. The average molecular weight is 397 g/mol. The highest BCUT2D eigenvalue weighted by Gasteiger charge is 2.31. The summed E-state index contributed by atoms with van der Waals surface area (Å²) in [6, 6.07) is 0. The first-order chi connectivity index (χ1) is 13.6. The van der Waals surface area contributed by atoms with Gasteiger partial charge >= 0.3 is 5.63 Å². The SMILES string of the molecule is CC(/C=C/C1=C(C(=O)N(C)C)CCCC1(C)C)=C\C=C\C(C)=C\c1c[nH]oc1=O. The summed E-state index contributed by atoms with van der Waals surface area (Å²) < 4.78 is 4.65. The molecule has 1 amide bonds. The Kier molecular flexibility index (Phi) is 7.43. The first-order valence-electron chi connectivity index (χ1n) is 9.95. The zero-order valence-corrected chi connectivity index (χ0v) is 18.3. The van der Waals surface area contributed by atoms with Crippen molar-refractivity contribution >= 4 is 12.0 Å². The Morgan fingerprint density at radius 2 is 1.93 bits per heavy atom. The summed E-state index contributed by atoms with van der Waals surface area (Å²) >= 11 is 0. The van der Waals surface area contributed by atoms with Crippen LogP contribution in [0.15, 0.2) is 68.2 Å². The van der Waals surface area contributed by atoms with E-state index < -0.39 is 0 Å². The Bertz CT molecular complexity index is 947. The van der Waals surface area contributed by atoms with Gasteiger partial charge in [-0.25, -0.2) is 9.95 Å². The zero-order chi connectivity index (χ0) is 21.6. The summed E-state index contributed by atoms with van der Waals surface area (Å²) in [5, 5.41) is 2.44. The van der Waals surface area contributed by atoms with Gasteiger partial charge in [0.15, 0.2) is 0 Å². The summed E-state index contributed by atoms with van der Waals surface area (Å²) in [4.78, 5) is 25.7. The number of rotatable bonds is 6. The normalized spacial score (nSPS) is 18.1. The molecule has 0 aromatic carbocycles. The fourth-order valence-corrected chi connectivity index (χ4v) is 3.48. The van der Waals surface area contributed by atoms with E-state index in [4.69, 9.17) is 0 Å². The second-order valence-corrected chi connectivity index (χ2v) is 8.43.